The molecule has 0 spiro atoms. The van der Waals surface area contributed by atoms with Gasteiger partial charge in [-0.05, 0) is 0 Å². The third-order valence-corrected chi connectivity index (χ3v) is 1.69. The highest BCUT2D eigenvalue weighted by molar-refractivity contribution is 7.36. The van der Waals surface area contributed by atoms with Crippen LogP contribution in [0.2, 0.25) is 0 Å². The molecular formula is C2H6F2P2. The van der Waals surface area contributed by atoms with Gasteiger partial charge < -0.3 is 0 Å². The molecule has 0 saturated heterocycles. The van der Waals surface area contributed by atoms with Gasteiger partial charge in [0.25, 0.3) is 0 Å². The van der Waals surface area contributed by atoms with Crippen molar-refractivity contribution in [3.8, 4) is 0 Å². The number of rotatable bonds is 3. The first kappa shape index (κ1) is 6.72. The Hall–Kier alpha value is 0.720. The van der Waals surface area contributed by atoms with E-state index in [1.807, 2.05) is 0 Å². The summed E-state index contributed by atoms with van der Waals surface area (Å²) in [7, 11) is -1.14. The molecule has 0 radical (unpaired) electrons. The Morgan fingerprint density at radius 1 is 1.00 bits per heavy atom. The molecule has 0 aliphatic rings. The second-order valence-electron chi connectivity index (χ2n) is 0.767. The Morgan fingerprint density at radius 2 is 1.33 bits per heavy atom. The molecule has 2 unspecified atom stereocenters. The van der Waals surface area contributed by atoms with Crippen molar-refractivity contribution < 1.29 is 8.39 Å². The Morgan fingerprint density at radius 3 is 1.50 bits per heavy atom. The molecule has 0 rings (SSSR count). The summed E-state index contributed by atoms with van der Waals surface area (Å²) in [5.74, 6) is 0. The number of hydrogen-bond acceptors (Lipinski definition) is 0. The third-order valence-electron chi connectivity index (χ3n) is 0.314. The number of halogens is 2. The first-order chi connectivity index (χ1) is 2.91. The van der Waals surface area contributed by atoms with Gasteiger partial charge in [-0.2, -0.15) is 0 Å². The minimum atomic E-state index is -0.568. The van der Waals surface area contributed by atoms with Gasteiger partial charge >= 0.3 is 0 Å². The van der Waals surface area contributed by atoms with Gasteiger partial charge in [0.1, 0.15) is 0 Å². The molecule has 4 heteroatoms. The summed E-state index contributed by atoms with van der Waals surface area (Å²) in [6.07, 6.45) is 0.823. The average Bonchev–Trinajstić information content (AvgIpc) is 1.61. The van der Waals surface area contributed by atoms with Crippen LogP contribution >= 0.6 is 17.8 Å². The second kappa shape index (κ2) is 5.72. The van der Waals surface area contributed by atoms with Gasteiger partial charge in [-0.1, -0.05) is 0 Å². The summed E-state index contributed by atoms with van der Waals surface area (Å²) >= 11 is 0. The highest BCUT2D eigenvalue weighted by Gasteiger charge is 1.81. The van der Waals surface area contributed by atoms with Crippen LogP contribution in [-0.2, 0) is 0 Å². The van der Waals surface area contributed by atoms with E-state index >= 15 is 0 Å². The molecule has 0 amide bonds. The van der Waals surface area contributed by atoms with Gasteiger partial charge in [0.15, 0.2) is 0 Å². The van der Waals surface area contributed by atoms with Gasteiger partial charge in [-0.3, -0.25) is 0 Å². The molecule has 0 fully saturated rings. The minimum Gasteiger partial charge on any atom is -0.231 e. The van der Waals surface area contributed by atoms with Crippen LogP contribution in [0.3, 0.4) is 0 Å². The van der Waals surface area contributed by atoms with Crippen LogP contribution < -0.4 is 0 Å². The lowest BCUT2D eigenvalue weighted by Crippen LogP contribution is -1.69. The van der Waals surface area contributed by atoms with Crippen LogP contribution in [0, 0.1) is 0 Å². The zero-order valence-corrected chi connectivity index (χ0v) is 5.17. The standard InChI is InChI=1S/C2H6F2P2/c3-5-1-2-6-4/h5-6H,1-2H2. The van der Waals surface area contributed by atoms with Crippen molar-refractivity contribution in [1.82, 2.24) is 0 Å². The van der Waals surface area contributed by atoms with Crippen molar-refractivity contribution in [3.63, 3.8) is 0 Å². The van der Waals surface area contributed by atoms with E-state index in [-0.39, 0.29) is 0 Å². The molecule has 0 aromatic heterocycles. The van der Waals surface area contributed by atoms with Crippen LogP contribution in [0.15, 0.2) is 0 Å². The van der Waals surface area contributed by atoms with E-state index in [4.69, 9.17) is 0 Å². The summed E-state index contributed by atoms with van der Waals surface area (Å²) < 4.78 is 22.1. The molecule has 0 aliphatic heterocycles. The molecule has 0 nitrogen and oxygen atoms in total. The summed E-state index contributed by atoms with van der Waals surface area (Å²) in [6, 6.07) is 0. The molecule has 0 saturated carbocycles. The monoisotopic (exact) mass is 130 g/mol. The molecule has 0 aromatic carbocycles. The van der Waals surface area contributed by atoms with Crippen molar-refractivity contribution in [2.75, 3.05) is 12.3 Å². The van der Waals surface area contributed by atoms with Gasteiger partial charge in [0, 0.05) is 12.3 Å². The summed E-state index contributed by atoms with van der Waals surface area (Å²) in [5.41, 5.74) is 0. The first-order valence-corrected chi connectivity index (χ1v) is 3.76. The predicted molar refractivity (Wildman–Crippen MR) is 28.6 cm³/mol. The molecule has 38 valence electrons. The lowest BCUT2D eigenvalue weighted by Gasteiger charge is -1.81. The highest BCUT2D eigenvalue weighted by atomic mass is 31.1. The number of hydrogen-bond donors (Lipinski definition) is 0. The lowest BCUT2D eigenvalue weighted by atomic mass is 11.0. The largest absolute Gasteiger partial charge is 0.231 e. The van der Waals surface area contributed by atoms with E-state index in [0.29, 0.717) is 12.3 Å². The maximum Gasteiger partial charge on any atom is 0.0675 e. The maximum atomic E-state index is 11.0. The van der Waals surface area contributed by atoms with Crippen molar-refractivity contribution in [2.24, 2.45) is 0 Å². The molecule has 0 aromatic rings. The second-order valence-corrected chi connectivity index (χ2v) is 2.30. The van der Waals surface area contributed by atoms with Crippen molar-refractivity contribution >= 4 is 17.8 Å². The van der Waals surface area contributed by atoms with Crippen LogP contribution in [0.1, 0.15) is 0 Å². The Labute approximate surface area is 39.5 Å². The fraction of sp³-hybridized carbons (Fsp3) is 1.00. The smallest absolute Gasteiger partial charge is 0.0675 e. The van der Waals surface area contributed by atoms with Gasteiger partial charge in [-0.25, -0.2) is 8.39 Å². The van der Waals surface area contributed by atoms with Crippen molar-refractivity contribution in [3.05, 3.63) is 0 Å². The van der Waals surface area contributed by atoms with E-state index in [2.05, 4.69) is 0 Å². The maximum absolute atomic E-state index is 11.0. The quantitative estimate of drug-likeness (QED) is 0.405. The fourth-order valence-corrected chi connectivity index (χ4v) is 0.850. The van der Waals surface area contributed by atoms with Gasteiger partial charge in [0.2, 0.25) is 0 Å². The van der Waals surface area contributed by atoms with E-state index in [0.717, 1.165) is 0 Å². The average molecular weight is 130 g/mol. The molecule has 6 heavy (non-hydrogen) atoms. The topological polar surface area (TPSA) is 0 Å². The first-order valence-electron chi connectivity index (χ1n) is 1.59. The van der Waals surface area contributed by atoms with E-state index in [1.165, 1.54) is 0 Å². The normalized spacial score (nSPS) is 13.0. The predicted octanol–water partition coefficient (Wildman–Crippen LogP) is 2.11. The van der Waals surface area contributed by atoms with Crippen LogP contribution in [-0.4, -0.2) is 12.3 Å². The molecule has 0 heterocycles. The molecule has 2 atom stereocenters. The molecule has 0 aliphatic carbocycles. The summed E-state index contributed by atoms with van der Waals surface area (Å²) in [6.45, 7) is 0. The van der Waals surface area contributed by atoms with Crippen LogP contribution in [0.25, 0.3) is 0 Å². The Bertz CT molecular complexity index is 21.5. The Balaban J connectivity index is 2.34. The summed E-state index contributed by atoms with van der Waals surface area (Å²) in [4.78, 5) is 0. The molecule has 0 bridgehead atoms. The van der Waals surface area contributed by atoms with Crippen LogP contribution in [0.4, 0.5) is 8.39 Å². The lowest BCUT2D eigenvalue weighted by molar-refractivity contribution is 0.901. The Kier molecular flexibility index (Phi) is 6.41. The van der Waals surface area contributed by atoms with Gasteiger partial charge in [-0.15, -0.1) is 0 Å². The van der Waals surface area contributed by atoms with Crippen molar-refractivity contribution in [2.45, 2.75) is 0 Å². The van der Waals surface area contributed by atoms with E-state index in [9.17, 15) is 8.39 Å². The fourth-order valence-electron chi connectivity index (χ4n) is 0.0945. The zero-order valence-electron chi connectivity index (χ0n) is 3.17. The minimum absolute atomic E-state index is 0.412. The van der Waals surface area contributed by atoms with Crippen molar-refractivity contribution in [1.29, 1.82) is 0 Å². The molecular weight excluding hydrogens is 124 g/mol. The third kappa shape index (κ3) is 4.72. The molecule has 0 N–H and O–H groups in total. The zero-order chi connectivity index (χ0) is 4.83. The van der Waals surface area contributed by atoms with E-state index in [1.54, 1.807) is 0 Å². The SMILES string of the molecule is FPCCPF. The van der Waals surface area contributed by atoms with Gasteiger partial charge in [0.05, 0.1) is 17.8 Å². The van der Waals surface area contributed by atoms with E-state index < -0.39 is 17.8 Å². The highest BCUT2D eigenvalue weighted by Crippen LogP contribution is 2.17. The van der Waals surface area contributed by atoms with Crippen LogP contribution in [0.5, 0.6) is 0 Å². The summed E-state index contributed by atoms with van der Waals surface area (Å²) in [5, 5.41) is 0.